The van der Waals surface area contributed by atoms with Gasteiger partial charge in [0.25, 0.3) is 0 Å². The lowest BCUT2D eigenvalue weighted by molar-refractivity contribution is 0.104. The van der Waals surface area contributed by atoms with Gasteiger partial charge in [0.2, 0.25) is 0 Å². The summed E-state index contributed by atoms with van der Waals surface area (Å²) >= 11 is 6.16. The van der Waals surface area contributed by atoms with Gasteiger partial charge in [0.1, 0.15) is 6.10 Å². The van der Waals surface area contributed by atoms with E-state index < -0.39 is 0 Å². The molecule has 1 atom stereocenters. The molecule has 2 aromatic rings. The van der Waals surface area contributed by atoms with E-state index in [-0.39, 0.29) is 12.1 Å². The van der Waals surface area contributed by atoms with Crippen molar-refractivity contribution in [1.29, 1.82) is 0 Å². The summed E-state index contributed by atoms with van der Waals surface area (Å²) in [5.74, 6) is 0. The van der Waals surface area contributed by atoms with Crippen molar-refractivity contribution in [2.24, 2.45) is 0 Å². The second-order valence-corrected chi connectivity index (χ2v) is 5.30. The summed E-state index contributed by atoms with van der Waals surface area (Å²) in [4.78, 5) is 12.0. The normalized spacial score (nSPS) is 11.8. The van der Waals surface area contributed by atoms with Crippen LogP contribution in [0.15, 0.2) is 48.5 Å². The molecule has 0 aliphatic heterocycles. The van der Waals surface area contributed by atoms with Crippen molar-refractivity contribution in [2.45, 2.75) is 13.0 Å². The first-order valence-corrected chi connectivity index (χ1v) is 7.37. The highest BCUT2D eigenvalue weighted by atomic mass is 35.5. The fraction of sp³-hybridized carbons (Fsp3) is 0.235. The molecule has 0 unspecified atom stereocenters. The number of hydrogen-bond donors (Lipinski definition) is 2. The molecule has 0 aromatic heterocycles. The first-order valence-electron chi connectivity index (χ1n) is 6.99. The zero-order valence-corrected chi connectivity index (χ0v) is 13.4. The third-order valence-electron chi connectivity index (χ3n) is 3.38. The minimum Gasteiger partial charge on any atom is -0.375 e. The van der Waals surface area contributed by atoms with Gasteiger partial charge < -0.3 is 15.4 Å². The van der Waals surface area contributed by atoms with Gasteiger partial charge in [-0.1, -0.05) is 48.0 Å². The Hall–Kier alpha value is -2.04. The number of rotatable bonds is 5. The summed E-state index contributed by atoms with van der Waals surface area (Å²) < 4.78 is 5.41. The fourth-order valence-corrected chi connectivity index (χ4v) is 2.38. The minimum absolute atomic E-state index is 0.275. The Morgan fingerprint density at radius 2 is 1.86 bits per heavy atom. The number of para-hydroxylation sites is 1. The van der Waals surface area contributed by atoms with Gasteiger partial charge in [0.15, 0.2) is 0 Å². The van der Waals surface area contributed by atoms with Crippen molar-refractivity contribution >= 4 is 23.3 Å². The van der Waals surface area contributed by atoms with E-state index in [1.807, 2.05) is 49.4 Å². The number of benzene rings is 2. The van der Waals surface area contributed by atoms with Gasteiger partial charge >= 0.3 is 6.03 Å². The van der Waals surface area contributed by atoms with Crippen LogP contribution in [0, 0.1) is 6.92 Å². The summed E-state index contributed by atoms with van der Waals surface area (Å²) in [6, 6.07) is 14.8. The van der Waals surface area contributed by atoms with Crippen LogP contribution in [0.1, 0.15) is 17.2 Å². The standard InChI is InChI=1S/C17H19ClN2O2/c1-12-7-3-6-10-15(12)20-17(21)19-11-16(22-2)13-8-4-5-9-14(13)18/h3-10,16H,11H2,1-2H3,(H2,19,20,21)/t16-/m0/s1. The fourth-order valence-electron chi connectivity index (χ4n) is 2.12. The predicted molar refractivity (Wildman–Crippen MR) is 89.4 cm³/mol. The zero-order chi connectivity index (χ0) is 15.9. The molecular weight excluding hydrogens is 300 g/mol. The molecule has 2 aromatic carbocycles. The van der Waals surface area contributed by atoms with E-state index >= 15 is 0 Å². The Morgan fingerprint density at radius 3 is 2.55 bits per heavy atom. The molecule has 0 spiro atoms. The van der Waals surface area contributed by atoms with Gasteiger partial charge in [-0.25, -0.2) is 4.79 Å². The molecule has 0 aliphatic rings. The first kappa shape index (κ1) is 16.3. The molecule has 2 amide bonds. The average Bonchev–Trinajstić information content (AvgIpc) is 2.52. The van der Waals surface area contributed by atoms with Crippen LogP contribution >= 0.6 is 11.6 Å². The Labute approximate surface area is 135 Å². The smallest absolute Gasteiger partial charge is 0.319 e. The van der Waals surface area contributed by atoms with Crippen molar-refractivity contribution in [3.05, 3.63) is 64.7 Å². The van der Waals surface area contributed by atoms with E-state index in [0.717, 1.165) is 16.8 Å². The van der Waals surface area contributed by atoms with E-state index in [1.54, 1.807) is 13.2 Å². The van der Waals surface area contributed by atoms with Crippen LogP contribution < -0.4 is 10.6 Å². The molecular formula is C17H19ClN2O2. The highest BCUT2D eigenvalue weighted by Gasteiger charge is 2.15. The van der Waals surface area contributed by atoms with Gasteiger partial charge in [-0.05, 0) is 24.6 Å². The monoisotopic (exact) mass is 318 g/mol. The molecule has 116 valence electrons. The minimum atomic E-state index is -0.295. The highest BCUT2D eigenvalue weighted by Crippen LogP contribution is 2.24. The summed E-state index contributed by atoms with van der Waals surface area (Å²) in [7, 11) is 1.59. The lowest BCUT2D eigenvalue weighted by atomic mass is 10.1. The average molecular weight is 319 g/mol. The number of hydrogen-bond acceptors (Lipinski definition) is 2. The van der Waals surface area contributed by atoms with Gasteiger partial charge in [-0.15, -0.1) is 0 Å². The maximum Gasteiger partial charge on any atom is 0.319 e. The van der Waals surface area contributed by atoms with Crippen LogP contribution in [0.4, 0.5) is 10.5 Å². The van der Waals surface area contributed by atoms with Crippen molar-refractivity contribution < 1.29 is 9.53 Å². The topological polar surface area (TPSA) is 50.4 Å². The molecule has 5 heteroatoms. The third kappa shape index (κ3) is 4.23. The second-order valence-electron chi connectivity index (χ2n) is 4.90. The molecule has 0 fully saturated rings. The number of halogens is 1. The van der Waals surface area contributed by atoms with Crippen molar-refractivity contribution in [3.8, 4) is 0 Å². The Balaban J connectivity index is 1.95. The van der Waals surface area contributed by atoms with Crippen LogP contribution in [-0.4, -0.2) is 19.7 Å². The number of ether oxygens (including phenoxy) is 1. The first-order chi connectivity index (χ1) is 10.6. The third-order valence-corrected chi connectivity index (χ3v) is 3.72. The zero-order valence-electron chi connectivity index (χ0n) is 12.6. The molecule has 0 saturated carbocycles. The number of aryl methyl sites for hydroxylation is 1. The quantitative estimate of drug-likeness (QED) is 0.869. The molecule has 2 rings (SSSR count). The van der Waals surface area contributed by atoms with Crippen molar-refractivity contribution in [3.63, 3.8) is 0 Å². The predicted octanol–water partition coefficient (Wildman–Crippen LogP) is 4.16. The van der Waals surface area contributed by atoms with E-state index in [4.69, 9.17) is 16.3 Å². The molecule has 0 bridgehead atoms. The van der Waals surface area contributed by atoms with Crippen molar-refractivity contribution in [1.82, 2.24) is 5.32 Å². The number of methoxy groups -OCH3 is 1. The number of carbonyl (C=O) groups excluding carboxylic acids is 1. The summed E-state index contributed by atoms with van der Waals surface area (Å²) in [6.45, 7) is 2.27. The van der Waals surface area contributed by atoms with Crippen LogP contribution in [0.2, 0.25) is 5.02 Å². The number of urea groups is 1. The molecule has 22 heavy (non-hydrogen) atoms. The Bertz CT molecular complexity index is 646. The molecule has 4 nitrogen and oxygen atoms in total. The van der Waals surface area contributed by atoms with E-state index in [9.17, 15) is 4.79 Å². The summed E-state index contributed by atoms with van der Waals surface area (Å²) in [5, 5.41) is 6.24. The summed E-state index contributed by atoms with van der Waals surface area (Å²) in [6.07, 6.45) is -0.295. The van der Waals surface area contributed by atoms with Gasteiger partial charge in [-0.2, -0.15) is 0 Å². The lowest BCUT2D eigenvalue weighted by Crippen LogP contribution is -2.33. The molecule has 2 N–H and O–H groups in total. The number of anilines is 1. The molecule has 0 saturated heterocycles. The Kier molecular flexibility index (Phi) is 5.81. The largest absolute Gasteiger partial charge is 0.375 e. The number of amides is 2. The van der Waals surface area contributed by atoms with Gasteiger partial charge in [0.05, 0.1) is 0 Å². The van der Waals surface area contributed by atoms with E-state index in [2.05, 4.69) is 10.6 Å². The van der Waals surface area contributed by atoms with Crippen molar-refractivity contribution in [2.75, 3.05) is 19.0 Å². The van der Waals surface area contributed by atoms with Crippen LogP contribution in [0.25, 0.3) is 0 Å². The van der Waals surface area contributed by atoms with Crippen LogP contribution in [-0.2, 0) is 4.74 Å². The van der Waals surface area contributed by atoms with Crippen LogP contribution in [0.5, 0.6) is 0 Å². The molecule has 0 heterocycles. The molecule has 0 aliphatic carbocycles. The maximum atomic E-state index is 12.0. The highest BCUT2D eigenvalue weighted by molar-refractivity contribution is 6.31. The Morgan fingerprint density at radius 1 is 1.18 bits per heavy atom. The molecule has 0 radical (unpaired) electrons. The SMILES string of the molecule is CO[C@@H](CNC(=O)Nc1ccccc1C)c1ccccc1Cl. The van der Waals surface area contributed by atoms with E-state index in [1.165, 1.54) is 0 Å². The summed E-state index contributed by atoms with van der Waals surface area (Å²) in [5.41, 5.74) is 2.64. The van der Waals surface area contributed by atoms with E-state index in [0.29, 0.717) is 11.6 Å². The second kappa shape index (κ2) is 7.82. The van der Waals surface area contributed by atoms with Crippen LogP contribution in [0.3, 0.4) is 0 Å². The lowest BCUT2D eigenvalue weighted by Gasteiger charge is -2.18. The van der Waals surface area contributed by atoms with Gasteiger partial charge in [-0.3, -0.25) is 0 Å². The maximum absolute atomic E-state index is 12.0. The van der Waals surface area contributed by atoms with Gasteiger partial charge in [0, 0.05) is 29.9 Å². The number of carbonyl (C=O) groups is 1. The number of nitrogens with one attached hydrogen (secondary N) is 2.